The van der Waals surface area contributed by atoms with Crippen LogP contribution in [0.2, 0.25) is 0 Å². The predicted molar refractivity (Wildman–Crippen MR) is 53.5 cm³/mol. The zero-order chi connectivity index (χ0) is 10.8. The van der Waals surface area contributed by atoms with Crippen LogP contribution < -0.4 is 0 Å². The molecule has 84 valence electrons. The van der Waals surface area contributed by atoms with Gasteiger partial charge in [-0.15, -0.1) is 0 Å². The molecule has 4 heteroatoms. The molecule has 1 atom stereocenters. The van der Waals surface area contributed by atoms with Gasteiger partial charge in [0.15, 0.2) is 0 Å². The first-order valence-electron chi connectivity index (χ1n) is 5.65. The molecule has 1 saturated carbocycles. The minimum Gasteiger partial charge on any atom is -0.272 e. The number of hydroxylamine groups is 2. The van der Waals surface area contributed by atoms with Crippen LogP contribution in [0.4, 0.5) is 0 Å². The van der Waals surface area contributed by atoms with E-state index in [2.05, 4.69) is 0 Å². The first kappa shape index (κ1) is 10.6. The summed E-state index contributed by atoms with van der Waals surface area (Å²) in [5.41, 5.74) is 0. The van der Waals surface area contributed by atoms with E-state index < -0.39 is 0 Å². The lowest BCUT2D eigenvalue weighted by Crippen LogP contribution is -2.31. The van der Waals surface area contributed by atoms with Gasteiger partial charge in [0.05, 0.1) is 13.0 Å². The summed E-state index contributed by atoms with van der Waals surface area (Å²) >= 11 is 0. The van der Waals surface area contributed by atoms with Gasteiger partial charge in [-0.2, -0.15) is 5.06 Å². The molecule has 0 aromatic carbocycles. The third kappa shape index (κ3) is 1.91. The number of imide groups is 1. The molecular weight excluding hydrogens is 194 g/mol. The minimum atomic E-state index is -0.182. The molecule has 0 bridgehead atoms. The quantitative estimate of drug-likeness (QED) is 0.650. The fourth-order valence-corrected chi connectivity index (χ4v) is 2.73. The molecule has 0 radical (unpaired) electrons. The Kier molecular flexibility index (Phi) is 3.05. The Labute approximate surface area is 89.5 Å². The number of carbonyl (C=O) groups excluding carboxylic acids is 2. The zero-order valence-corrected chi connectivity index (χ0v) is 9.07. The average Bonchev–Trinajstić information content (AvgIpc) is 2.55. The van der Waals surface area contributed by atoms with Crippen LogP contribution in [0.5, 0.6) is 0 Å². The number of rotatable bonds is 2. The molecule has 2 aliphatic rings. The molecule has 4 nitrogen and oxygen atoms in total. The van der Waals surface area contributed by atoms with Crippen LogP contribution in [0.3, 0.4) is 0 Å². The third-order valence-corrected chi connectivity index (χ3v) is 3.54. The van der Waals surface area contributed by atoms with Crippen molar-refractivity contribution in [3.05, 3.63) is 0 Å². The normalized spacial score (nSPS) is 28.9. The molecule has 0 N–H and O–H groups in total. The zero-order valence-electron chi connectivity index (χ0n) is 9.07. The standard InChI is InChI=1S/C11H17NO3/c1-15-12-10(13)7-9(11(12)14)8-5-3-2-4-6-8/h8-9H,2-7H2,1H3. The van der Waals surface area contributed by atoms with E-state index in [1.807, 2.05) is 0 Å². The highest BCUT2D eigenvalue weighted by molar-refractivity contribution is 6.02. The van der Waals surface area contributed by atoms with Gasteiger partial charge in [-0.3, -0.25) is 14.4 Å². The number of hydrogen-bond acceptors (Lipinski definition) is 3. The Morgan fingerprint density at radius 1 is 1.20 bits per heavy atom. The number of amides is 2. The van der Waals surface area contributed by atoms with Crippen molar-refractivity contribution in [1.82, 2.24) is 5.06 Å². The van der Waals surface area contributed by atoms with E-state index >= 15 is 0 Å². The summed E-state index contributed by atoms with van der Waals surface area (Å²) in [5.74, 6) is -0.0272. The largest absolute Gasteiger partial charge is 0.272 e. The van der Waals surface area contributed by atoms with E-state index in [-0.39, 0.29) is 17.7 Å². The van der Waals surface area contributed by atoms with E-state index in [1.54, 1.807) is 0 Å². The van der Waals surface area contributed by atoms with Gasteiger partial charge in [0, 0.05) is 6.42 Å². The van der Waals surface area contributed by atoms with Crippen LogP contribution in [-0.4, -0.2) is 24.0 Å². The topological polar surface area (TPSA) is 46.6 Å². The predicted octanol–water partition coefficient (Wildman–Crippen LogP) is 1.50. The van der Waals surface area contributed by atoms with Crippen molar-refractivity contribution < 1.29 is 14.4 Å². The summed E-state index contributed by atoms with van der Waals surface area (Å²) < 4.78 is 0. The van der Waals surface area contributed by atoms with Crippen LogP contribution in [-0.2, 0) is 14.4 Å². The molecule has 0 aromatic heterocycles. The summed E-state index contributed by atoms with van der Waals surface area (Å²) in [5, 5.41) is 0.930. The van der Waals surface area contributed by atoms with Gasteiger partial charge in [0.25, 0.3) is 11.8 Å². The van der Waals surface area contributed by atoms with Crippen LogP contribution in [0.1, 0.15) is 38.5 Å². The Hall–Kier alpha value is -0.900. The summed E-state index contributed by atoms with van der Waals surface area (Å²) in [4.78, 5) is 28.1. The van der Waals surface area contributed by atoms with Gasteiger partial charge in [-0.1, -0.05) is 19.3 Å². The first-order chi connectivity index (χ1) is 7.24. The SMILES string of the molecule is CON1C(=O)CC(C2CCCCC2)C1=O. The average molecular weight is 211 g/mol. The van der Waals surface area contributed by atoms with Crippen molar-refractivity contribution >= 4 is 11.8 Å². The molecule has 2 amide bonds. The second-order valence-corrected chi connectivity index (χ2v) is 4.42. The van der Waals surface area contributed by atoms with E-state index in [1.165, 1.54) is 26.4 Å². The Balaban J connectivity index is 2.04. The fourth-order valence-electron chi connectivity index (χ4n) is 2.73. The first-order valence-corrected chi connectivity index (χ1v) is 5.65. The molecule has 15 heavy (non-hydrogen) atoms. The Bertz CT molecular complexity index is 271. The van der Waals surface area contributed by atoms with Crippen molar-refractivity contribution in [2.45, 2.75) is 38.5 Å². The lowest BCUT2D eigenvalue weighted by molar-refractivity contribution is -0.181. The number of hydrogen-bond donors (Lipinski definition) is 0. The van der Waals surface area contributed by atoms with Crippen LogP contribution in [0, 0.1) is 11.8 Å². The molecule has 0 spiro atoms. The summed E-state index contributed by atoms with van der Waals surface area (Å²) in [6.07, 6.45) is 6.16. The molecule has 1 heterocycles. The number of carbonyl (C=O) groups is 2. The number of nitrogens with zero attached hydrogens (tertiary/aromatic N) is 1. The van der Waals surface area contributed by atoms with Gasteiger partial charge < -0.3 is 0 Å². The molecule has 2 rings (SSSR count). The van der Waals surface area contributed by atoms with E-state index in [0.717, 1.165) is 17.9 Å². The second kappa shape index (κ2) is 4.31. The monoisotopic (exact) mass is 211 g/mol. The summed E-state index contributed by atoms with van der Waals surface area (Å²) in [6.45, 7) is 0. The third-order valence-electron chi connectivity index (χ3n) is 3.54. The van der Waals surface area contributed by atoms with E-state index in [4.69, 9.17) is 4.84 Å². The van der Waals surface area contributed by atoms with Crippen LogP contribution >= 0.6 is 0 Å². The van der Waals surface area contributed by atoms with Crippen molar-refractivity contribution in [2.75, 3.05) is 7.11 Å². The maximum atomic E-state index is 11.8. The highest BCUT2D eigenvalue weighted by Gasteiger charge is 2.43. The van der Waals surface area contributed by atoms with Crippen LogP contribution in [0.25, 0.3) is 0 Å². The van der Waals surface area contributed by atoms with Gasteiger partial charge in [0.2, 0.25) is 0 Å². The maximum absolute atomic E-state index is 11.8. The van der Waals surface area contributed by atoms with Crippen molar-refractivity contribution in [3.63, 3.8) is 0 Å². The molecule has 2 fully saturated rings. The van der Waals surface area contributed by atoms with Crippen LogP contribution in [0.15, 0.2) is 0 Å². The van der Waals surface area contributed by atoms with Gasteiger partial charge >= 0.3 is 0 Å². The lowest BCUT2D eigenvalue weighted by Gasteiger charge is -2.25. The molecule has 1 aliphatic heterocycles. The Morgan fingerprint density at radius 3 is 2.40 bits per heavy atom. The second-order valence-electron chi connectivity index (χ2n) is 4.42. The minimum absolute atomic E-state index is 0.113. The van der Waals surface area contributed by atoms with Gasteiger partial charge in [-0.05, 0) is 18.8 Å². The highest BCUT2D eigenvalue weighted by Crippen LogP contribution is 2.36. The molecule has 1 saturated heterocycles. The Morgan fingerprint density at radius 2 is 1.87 bits per heavy atom. The fraction of sp³-hybridized carbons (Fsp3) is 0.818. The van der Waals surface area contributed by atoms with Crippen molar-refractivity contribution in [2.24, 2.45) is 11.8 Å². The summed E-state index contributed by atoms with van der Waals surface area (Å²) in [6, 6.07) is 0. The van der Waals surface area contributed by atoms with E-state index in [9.17, 15) is 9.59 Å². The smallest absolute Gasteiger partial charge is 0.257 e. The molecule has 1 aliphatic carbocycles. The van der Waals surface area contributed by atoms with Crippen molar-refractivity contribution in [1.29, 1.82) is 0 Å². The highest BCUT2D eigenvalue weighted by atomic mass is 16.7. The molecule has 0 aromatic rings. The summed E-state index contributed by atoms with van der Waals surface area (Å²) in [7, 11) is 1.37. The van der Waals surface area contributed by atoms with Crippen molar-refractivity contribution in [3.8, 4) is 0 Å². The lowest BCUT2D eigenvalue weighted by atomic mass is 9.79. The van der Waals surface area contributed by atoms with Gasteiger partial charge in [0.1, 0.15) is 0 Å². The van der Waals surface area contributed by atoms with E-state index in [0.29, 0.717) is 12.3 Å². The molecule has 1 unspecified atom stereocenters. The maximum Gasteiger partial charge on any atom is 0.257 e. The molecular formula is C11H17NO3. The van der Waals surface area contributed by atoms with Gasteiger partial charge in [-0.25, -0.2) is 0 Å².